The molecule has 5 nitrogen and oxygen atoms in total. The number of nitrogens with zero attached hydrogens (tertiary/aromatic N) is 3. The summed E-state index contributed by atoms with van der Waals surface area (Å²) in [4.78, 5) is 7.86. The van der Waals surface area contributed by atoms with E-state index in [0.717, 1.165) is 32.1 Å². The van der Waals surface area contributed by atoms with Crippen LogP contribution in [0.5, 0.6) is 0 Å². The number of allylic oxidation sites excluding steroid dienone is 1. The molecule has 2 unspecified atom stereocenters. The molecule has 0 radical (unpaired) electrons. The maximum Gasteiger partial charge on any atom is 0.114 e. The molecule has 0 saturated heterocycles. The van der Waals surface area contributed by atoms with Crippen molar-refractivity contribution in [3.8, 4) is 5.69 Å². The molecule has 2 aromatic carbocycles. The summed E-state index contributed by atoms with van der Waals surface area (Å²) in [5.74, 6) is 0. The standard InChI is InChI=1S/C12H12N2.C9H8Br.C6H14N2.C4H5N/c1-3-10-4-2-6-12(11(10)5-1)14-8-7-13-9-14;10-9-6-2-4-7-3-1-5-8(7)9;7-5-3-1-2-4-6(5)8;1-2-4-5-3-1/h2,4,6-9H,1,3,5H2;1-2,4,6H,3,5H2;5-6H,1-4,7-8H2;1,3-4H,2H2/q;+1;;. The number of fused-ring (bicyclic) bond motifs is 2. The predicted octanol–water partition coefficient (Wildman–Crippen LogP) is 6.30. The zero-order chi connectivity index (χ0) is 25.9. The molecule has 6 heteroatoms. The van der Waals surface area contributed by atoms with Crippen LogP contribution in [0.2, 0.25) is 0 Å². The molecule has 0 bridgehead atoms. The van der Waals surface area contributed by atoms with E-state index >= 15 is 0 Å². The number of benzene rings is 2. The minimum absolute atomic E-state index is 0.281. The molecule has 37 heavy (non-hydrogen) atoms. The van der Waals surface area contributed by atoms with Crippen molar-refractivity contribution in [2.24, 2.45) is 16.5 Å². The van der Waals surface area contributed by atoms with E-state index < -0.39 is 0 Å². The Morgan fingerprint density at radius 2 is 1.68 bits per heavy atom. The van der Waals surface area contributed by atoms with Gasteiger partial charge in [0.15, 0.2) is 0 Å². The first-order valence-corrected chi connectivity index (χ1v) is 14.3. The molecule has 2 atom stereocenters. The van der Waals surface area contributed by atoms with Gasteiger partial charge >= 0.3 is 0 Å². The summed E-state index contributed by atoms with van der Waals surface area (Å²) in [5.41, 5.74) is 18.6. The highest BCUT2D eigenvalue weighted by molar-refractivity contribution is 9.10. The fourth-order valence-corrected chi connectivity index (χ4v) is 5.70. The SMILES string of the molecule is Brc1cccc2c1C[CH+]C2.C1=CN=CC1.NC1CCCCC1N.c1cc2c(c(-n3ccnc3)c1)CCC2. The van der Waals surface area contributed by atoms with E-state index in [0.29, 0.717) is 0 Å². The van der Waals surface area contributed by atoms with Crippen LogP contribution in [0.25, 0.3) is 5.69 Å². The Labute approximate surface area is 230 Å². The van der Waals surface area contributed by atoms with Gasteiger partial charge in [0.05, 0.1) is 12.7 Å². The summed E-state index contributed by atoms with van der Waals surface area (Å²) in [6, 6.07) is 13.5. The van der Waals surface area contributed by atoms with Gasteiger partial charge in [-0.05, 0) is 55.4 Å². The van der Waals surface area contributed by atoms with Gasteiger partial charge in [0.1, 0.15) is 12.8 Å². The van der Waals surface area contributed by atoms with Gasteiger partial charge in [-0.1, -0.05) is 59.1 Å². The number of rotatable bonds is 1. The van der Waals surface area contributed by atoms with Crippen molar-refractivity contribution in [1.82, 2.24) is 9.55 Å². The molecule has 0 amide bonds. The maximum absolute atomic E-state index is 5.65. The average Bonchev–Trinajstić information content (AvgIpc) is 3.73. The average molecular weight is 562 g/mol. The van der Waals surface area contributed by atoms with Crippen LogP contribution in [0.3, 0.4) is 0 Å². The number of aliphatic imine (C=N–C) groups is 1. The summed E-state index contributed by atoms with van der Waals surface area (Å²) < 4.78 is 3.36. The number of hydrogen-bond acceptors (Lipinski definition) is 4. The normalized spacial score (nSPS) is 20.3. The predicted molar refractivity (Wildman–Crippen MR) is 158 cm³/mol. The van der Waals surface area contributed by atoms with Crippen molar-refractivity contribution in [3.63, 3.8) is 0 Å². The van der Waals surface area contributed by atoms with Gasteiger partial charge in [-0.2, -0.15) is 0 Å². The van der Waals surface area contributed by atoms with E-state index in [9.17, 15) is 0 Å². The van der Waals surface area contributed by atoms with Crippen LogP contribution >= 0.6 is 15.9 Å². The largest absolute Gasteiger partial charge is 0.326 e. The van der Waals surface area contributed by atoms with E-state index in [1.807, 2.05) is 31.0 Å². The van der Waals surface area contributed by atoms with E-state index in [4.69, 9.17) is 11.5 Å². The van der Waals surface area contributed by atoms with Crippen LogP contribution in [0.15, 0.2) is 76.9 Å². The first kappa shape index (κ1) is 27.4. The molecule has 194 valence electrons. The molecular weight excluding hydrogens is 522 g/mol. The second-order valence-corrected chi connectivity index (χ2v) is 10.7. The third-order valence-corrected chi connectivity index (χ3v) is 7.99. The van der Waals surface area contributed by atoms with Gasteiger partial charge in [0.2, 0.25) is 0 Å². The van der Waals surface area contributed by atoms with Gasteiger partial charge < -0.3 is 16.0 Å². The molecular formula is C31H39BrN5+. The van der Waals surface area contributed by atoms with E-state index in [1.54, 1.807) is 6.20 Å². The summed E-state index contributed by atoms with van der Waals surface area (Å²) in [6.45, 7) is 0. The first-order valence-electron chi connectivity index (χ1n) is 13.5. The van der Waals surface area contributed by atoms with Crippen molar-refractivity contribution in [2.75, 3.05) is 0 Å². The second-order valence-electron chi connectivity index (χ2n) is 9.88. The van der Waals surface area contributed by atoms with E-state index in [-0.39, 0.29) is 12.1 Å². The highest BCUT2D eigenvalue weighted by Crippen LogP contribution is 2.28. The Kier molecular flexibility index (Phi) is 10.6. The zero-order valence-corrected chi connectivity index (χ0v) is 23.2. The molecule has 1 aromatic heterocycles. The van der Waals surface area contributed by atoms with Crippen LogP contribution in [0.4, 0.5) is 0 Å². The molecule has 7 rings (SSSR count). The quantitative estimate of drug-likeness (QED) is 0.342. The number of aromatic nitrogens is 2. The molecule has 2 heterocycles. The summed E-state index contributed by atoms with van der Waals surface area (Å²) in [5, 5.41) is 0. The molecule has 1 fully saturated rings. The van der Waals surface area contributed by atoms with Crippen molar-refractivity contribution in [3.05, 3.63) is 101 Å². The fraction of sp³-hybridized carbons (Fsp3) is 0.387. The highest BCUT2D eigenvalue weighted by atomic mass is 79.9. The summed E-state index contributed by atoms with van der Waals surface area (Å²) >= 11 is 3.53. The van der Waals surface area contributed by atoms with Crippen LogP contribution in [-0.4, -0.2) is 27.8 Å². The molecule has 4 N–H and O–H groups in total. The van der Waals surface area contributed by atoms with Gasteiger partial charge in [-0.25, -0.2) is 4.98 Å². The second kappa shape index (κ2) is 14.3. The van der Waals surface area contributed by atoms with Crippen LogP contribution in [0, 0.1) is 6.42 Å². The van der Waals surface area contributed by atoms with Crippen LogP contribution in [0.1, 0.15) is 60.8 Å². The lowest BCUT2D eigenvalue weighted by Crippen LogP contribution is -2.43. The van der Waals surface area contributed by atoms with Crippen molar-refractivity contribution in [1.29, 1.82) is 0 Å². The lowest BCUT2D eigenvalue weighted by atomic mass is 9.92. The topological polar surface area (TPSA) is 82.2 Å². The zero-order valence-electron chi connectivity index (χ0n) is 21.6. The minimum atomic E-state index is 0.281. The van der Waals surface area contributed by atoms with Crippen molar-refractivity contribution < 1.29 is 0 Å². The first-order chi connectivity index (χ1) is 18.1. The van der Waals surface area contributed by atoms with E-state index in [2.05, 4.69) is 73.3 Å². The molecule has 3 aromatic rings. The third-order valence-electron chi connectivity index (χ3n) is 7.25. The van der Waals surface area contributed by atoms with Gasteiger partial charge in [-0.15, -0.1) is 0 Å². The smallest absolute Gasteiger partial charge is 0.114 e. The van der Waals surface area contributed by atoms with Gasteiger partial charge in [0, 0.05) is 64.6 Å². The Balaban J connectivity index is 0.000000123. The maximum atomic E-state index is 5.65. The van der Waals surface area contributed by atoms with Gasteiger partial charge in [-0.3, -0.25) is 4.99 Å². The van der Waals surface area contributed by atoms with Crippen molar-refractivity contribution in [2.45, 2.75) is 76.3 Å². The summed E-state index contributed by atoms with van der Waals surface area (Å²) in [7, 11) is 0. The molecule has 1 saturated carbocycles. The number of nitrogens with two attached hydrogens (primary N) is 2. The Morgan fingerprint density at radius 1 is 0.892 bits per heavy atom. The number of halogens is 1. The lowest BCUT2D eigenvalue weighted by Gasteiger charge is -2.24. The Bertz CT molecular complexity index is 1150. The number of aryl methyl sites for hydroxylation is 1. The summed E-state index contributed by atoms with van der Waals surface area (Å²) in [6.07, 6.45) is 25.6. The van der Waals surface area contributed by atoms with Crippen molar-refractivity contribution >= 4 is 22.1 Å². The number of imidazole rings is 1. The molecule has 1 aliphatic heterocycles. The minimum Gasteiger partial charge on any atom is -0.326 e. The lowest BCUT2D eigenvalue weighted by molar-refractivity contribution is 0.385. The third kappa shape index (κ3) is 7.91. The van der Waals surface area contributed by atoms with Crippen LogP contribution < -0.4 is 11.5 Å². The molecule has 4 aliphatic rings. The number of hydrogen-bond donors (Lipinski definition) is 2. The fourth-order valence-electron chi connectivity index (χ4n) is 5.13. The van der Waals surface area contributed by atoms with Gasteiger partial charge in [0.25, 0.3) is 0 Å². The molecule has 3 aliphatic carbocycles. The van der Waals surface area contributed by atoms with E-state index in [1.165, 1.54) is 64.5 Å². The Hall–Kier alpha value is -2.67. The molecule has 0 spiro atoms. The monoisotopic (exact) mass is 560 g/mol. The highest BCUT2D eigenvalue weighted by Gasteiger charge is 2.19. The Morgan fingerprint density at radius 3 is 2.30 bits per heavy atom. The van der Waals surface area contributed by atoms with Crippen LogP contribution in [-0.2, 0) is 25.7 Å².